The highest BCUT2D eigenvalue weighted by molar-refractivity contribution is 6.27. The molecule has 4 nitrogen and oxygen atoms in total. The fraction of sp³-hybridized carbons (Fsp3) is 0.214. The molecule has 104 valence electrons. The van der Waals surface area contributed by atoms with Gasteiger partial charge < -0.3 is 5.11 Å². The van der Waals surface area contributed by atoms with Crippen molar-refractivity contribution in [3.63, 3.8) is 0 Å². The largest absolute Gasteiger partial charge is 0.478 e. The Morgan fingerprint density at radius 1 is 1.40 bits per heavy atom. The van der Waals surface area contributed by atoms with Crippen LogP contribution < -0.4 is 0 Å². The number of carboxylic acid groups (broad SMARTS) is 1. The maximum atomic E-state index is 12.7. The van der Waals surface area contributed by atoms with Gasteiger partial charge >= 0.3 is 5.97 Å². The summed E-state index contributed by atoms with van der Waals surface area (Å²) < 4.78 is 25.4. The van der Waals surface area contributed by atoms with Crippen LogP contribution in [0.2, 0.25) is 0 Å². The molecule has 1 aromatic carbocycles. The average Bonchev–Trinajstić information content (AvgIpc) is 2.38. The van der Waals surface area contributed by atoms with Crippen LogP contribution in [0.4, 0.5) is 8.78 Å². The molecule has 0 radical (unpaired) electrons. The standard InChI is InChI=1S/C14H11F2NO3/c1-7-11(12(18)10(6-17-7)14(19)20)8-3-2-4-9(5-8)13(15)16/h2-6,11,13H,1H3,(H,19,20). The Hall–Kier alpha value is -2.37. The summed E-state index contributed by atoms with van der Waals surface area (Å²) in [6, 6.07) is 5.38. The zero-order chi connectivity index (χ0) is 14.9. The van der Waals surface area contributed by atoms with Crippen molar-refractivity contribution >= 4 is 17.5 Å². The molecule has 0 fully saturated rings. The van der Waals surface area contributed by atoms with E-state index in [4.69, 9.17) is 5.11 Å². The molecule has 0 aromatic heterocycles. The minimum absolute atomic E-state index is 0.213. The minimum atomic E-state index is -2.65. The third-order valence-electron chi connectivity index (χ3n) is 3.07. The third kappa shape index (κ3) is 2.49. The molecule has 1 atom stereocenters. The van der Waals surface area contributed by atoms with Crippen LogP contribution in [0.3, 0.4) is 0 Å². The summed E-state index contributed by atoms with van der Waals surface area (Å²) in [6.07, 6.45) is -1.66. The summed E-state index contributed by atoms with van der Waals surface area (Å²) in [6.45, 7) is 1.56. The van der Waals surface area contributed by atoms with E-state index in [-0.39, 0.29) is 5.56 Å². The van der Waals surface area contributed by atoms with Crippen molar-refractivity contribution in [2.45, 2.75) is 19.3 Å². The van der Waals surface area contributed by atoms with Crippen LogP contribution >= 0.6 is 0 Å². The molecule has 1 aliphatic heterocycles. The molecule has 1 heterocycles. The second kappa shape index (κ2) is 5.32. The number of carbonyl (C=O) groups excluding carboxylic acids is 1. The zero-order valence-corrected chi connectivity index (χ0v) is 10.5. The van der Waals surface area contributed by atoms with Crippen LogP contribution in [0, 0.1) is 0 Å². The smallest absolute Gasteiger partial charge is 0.340 e. The lowest BCUT2D eigenvalue weighted by atomic mass is 9.85. The Morgan fingerprint density at radius 3 is 2.70 bits per heavy atom. The molecule has 0 amide bonds. The molecular formula is C14H11F2NO3. The van der Waals surface area contributed by atoms with E-state index in [0.717, 1.165) is 6.20 Å². The van der Waals surface area contributed by atoms with Gasteiger partial charge in [0.25, 0.3) is 6.43 Å². The Morgan fingerprint density at radius 2 is 2.10 bits per heavy atom. The van der Waals surface area contributed by atoms with Crippen molar-refractivity contribution in [1.29, 1.82) is 0 Å². The lowest BCUT2D eigenvalue weighted by Crippen LogP contribution is -2.27. The van der Waals surface area contributed by atoms with Gasteiger partial charge in [-0.1, -0.05) is 18.2 Å². The molecule has 0 aliphatic carbocycles. The second-order valence-electron chi connectivity index (χ2n) is 4.39. The lowest BCUT2D eigenvalue weighted by molar-refractivity contribution is -0.134. The van der Waals surface area contributed by atoms with Gasteiger partial charge in [-0.2, -0.15) is 0 Å². The number of ketones is 1. The highest BCUT2D eigenvalue weighted by Crippen LogP contribution is 2.29. The van der Waals surface area contributed by atoms with Gasteiger partial charge in [0.1, 0.15) is 5.57 Å². The first-order valence-electron chi connectivity index (χ1n) is 5.81. The molecule has 0 saturated carbocycles. The molecule has 0 spiro atoms. The maximum Gasteiger partial charge on any atom is 0.340 e. The van der Waals surface area contributed by atoms with Crippen molar-refractivity contribution < 1.29 is 23.5 Å². The lowest BCUT2D eigenvalue weighted by Gasteiger charge is -2.20. The molecule has 1 N–H and O–H groups in total. The monoisotopic (exact) mass is 279 g/mol. The number of hydrogen-bond donors (Lipinski definition) is 1. The highest BCUT2D eigenvalue weighted by atomic mass is 19.3. The van der Waals surface area contributed by atoms with Gasteiger partial charge in [0, 0.05) is 17.5 Å². The van der Waals surface area contributed by atoms with Crippen LogP contribution in [0.25, 0.3) is 0 Å². The van der Waals surface area contributed by atoms with E-state index in [9.17, 15) is 18.4 Å². The first kappa shape index (κ1) is 14.0. The summed E-state index contributed by atoms with van der Waals surface area (Å²) in [7, 11) is 0. The number of alkyl halides is 2. The van der Waals surface area contributed by atoms with Crippen molar-refractivity contribution in [3.05, 3.63) is 47.2 Å². The van der Waals surface area contributed by atoms with Gasteiger partial charge in [0.05, 0.1) is 5.92 Å². The number of aliphatic imine (C=N–C) groups is 1. The summed E-state index contributed by atoms with van der Waals surface area (Å²) in [5.74, 6) is -2.94. The number of hydrogen-bond acceptors (Lipinski definition) is 3. The molecule has 0 bridgehead atoms. The first-order valence-corrected chi connectivity index (χ1v) is 5.81. The number of benzene rings is 1. The SMILES string of the molecule is CC1=NC=C(C(=O)O)C(=O)C1c1cccc(C(F)F)c1. The number of Topliss-reactive ketones (excluding diaryl/α,β-unsaturated/α-hetero) is 1. The fourth-order valence-corrected chi connectivity index (χ4v) is 2.08. The maximum absolute atomic E-state index is 12.7. The topological polar surface area (TPSA) is 66.7 Å². The van der Waals surface area contributed by atoms with Crippen molar-refractivity contribution in [2.24, 2.45) is 4.99 Å². The number of aliphatic carboxylic acids is 1. The van der Waals surface area contributed by atoms with Gasteiger partial charge in [-0.15, -0.1) is 0 Å². The van der Waals surface area contributed by atoms with E-state index in [1.165, 1.54) is 24.3 Å². The second-order valence-corrected chi connectivity index (χ2v) is 4.39. The van der Waals surface area contributed by atoms with E-state index in [0.29, 0.717) is 11.3 Å². The average molecular weight is 279 g/mol. The summed E-state index contributed by atoms with van der Waals surface area (Å²) in [5, 5.41) is 8.92. The molecular weight excluding hydrogens is 268 g/mol. The van der Waals surface area contributed by atoms with Gasteiger partial charge in [-0.05, 0) is 18.6 Å². The van der Waals surface area contributed by atoms with Crippen LogP contribution in [0.5, 0.6) is 0 Å². The van der Waals surface area contributed by atoms with E-state index in [1.807, 2.05) is 0 Å². The number of nitrogens with zero attached hydrogens (tertiary/aromatic N) is 1. The normalized spacial score (nSPS) is 18.8. The molecule has 1 unspecified atom stereocenters. The van der Waals surface area contributed by atoms with E-state index < -0.39 is 29.7 Å². The molecule has 2 rings (SSSR count). The molecule has 1 aromatic rings. The third-order valence-corrected chi connectivity index (χ3v) is 3.07. The molecule has 0 saturated heterocycles. The number of rotatable bonds is 3. The van der Waals surface area contributed by atoms with Gasteiger partial charge in [0.2, 0.25) is 0 Å². The number of halogens is 2. The molecule has 1 aliphatic rings. The summed E-state index contributed by atoms with van der Waals surface area (Å²) in [4.78, 5) is 27.0. The van der Waals surface area contributed by atoms with Crippen molar-refractivity contribution in [2.75, 3.05) is 0 Å². The predicted octanol–water partition coefficient (Wildman–Crippen LogP) is 2.72. The summed E-state index contributed by atoms with van der Waals surface area (Å²) in [5.41, 5.74) is 0.0462. The van der Waals surface area contributed by atoms with Gasteiger partial charge in [-0.3, -0.25) is 9.79 Å². The van der Waals surface area contributed by atoms with E-state index in [1.54, 1.807) is 6.92 Å². The number of carboxylic acids is 1. The van der Waals surface area contributed by atoms with Crippen LogP contribution in [0.1, 0.15) is 30.4 Å². The molecule has 6 heteroatoms. The van der Waals surface area contributed by atoms with Crippen LogP contribution in [-0.2, 0) is 9.59 Å². The number of carbonyl (C=O) groups is 2. The molecule has 20 heavy (non-hydrogen) atoms. The van der Waals surface area contributed by atoms with E-state index >= 15 is 0 Å². The van der Waals surface area contributed by atoms with Gasteiger partial charge in [0.15, 0.2) is 5.78 Å². The predicted molar refractivity (Wildman–Crippen MR) is 68.0 cm³/mol. The Balaban J connectivity index is 2.45. The van der Waals surface area contributed by atoms with Gasteiger partial charge in [-0.25, -0.2) is 13.6 Å². The summed E-state index contributed by atoms with van der Waals surface area (Å²) >= 11 is 0. The van der Waals surface area contributed by atoms with Crippen molar-refractivity contribution in [3.8, 4) is 0 Å². The Kier molecular flexibility index (Phi) is 3.74. The highest BCUT2D eigenvalue weighted by Gasteiger charge is 2.32. The van der Waals surface area contributed by atoms with Crippen LogP contribution in [-0.4, -0.2) is 22.6 Å². The zero-order valence-electron chi connectivity index (χ0n) is 10.5. The Labute approximate surface area is 113 Å². The van der Waals surface area contributed by atoms with Crippen LogP contribution in [0.15, 0.2) is 41.0 Å². The van der Waals surface area contributed by atoms with E-state index in [2.05, 4.69) is 4.99 Å². The quantitative estimate of drug-likeness (QED) is 0.865. The fourth-order valence-electron chi connectivity index (χ4n) is 2.08. The first-order chi connectivity index (χ1) is 9.41. The minimum Gasteiger partial charge on any atom is -0.478 e. The van der Waals surface area contributed by atoms with Crippen molar-refractivity contribution in [1.82, 2.24) is 0 Å². The Bertz CT molecular complexity index is 635.